The van der Waals surface area contributed by atoms with Gasteiger partial charge in [-0.2, -0.15) is 0 Å². The number of nitrogens with zero attached hydrogens (tertiary/aromatic N) is 2. The summed E-state index contributed by atoms with van der Waals surface area (Å²) in [5.74, 6) is 0.165. The van der Waals surface area contributed by atoms with Crippen molar-refractivity contribution in [3.05, 3.63) is 29.8 Å². The number of carbonyl (C=O) groups is 1. The number of benzene rings is 1. The van der Waals surface area contributed by atoms with Crippen molar-refractivity contribution < 1.29 is 9.53 Å². The Hall–Kier alpha value is -1.39. The van der Waals surface area contributed by atoms with Crippen molar-refractivity contribution in [2.45, 2.75) is 13.8 Å². The van der Waals surface area contributed by atoms with Gasteiger partial charge < -0.3 is 9.64 Å². The summed E-state index contributed by atoms with van der Waals surface area (Å²) in [6.07, 6.45) is 0. The first-order valence-corrected chi connectivity index (χ1v) is 6.88. The van der Waals surface area contributed by atoms with E-state index in [1.807, 2.05) is 43.0 Å². The molecule has 1 aromatic rings. The lowest BCUT2D eigenvalue weighted by Gasteiger charge is -2.29. The fourth-order valence-electron chi connectivity index (χ4n) is 2.38. The molecule has 4 nitrogen and oxygen atoms in total. The van der Waals surface area contributed by atoms with E-state index >= 15 is 0 Å². The Labute approximate surface area is 115 Å². The monoisotopic (exact) mass is 262 g/mol. The average molecular weight is 262 g/mol. The molecule has 1 fully saturated rings. The summed E-state index contributed by atoms with van der Waals surface area (Å²) < 4.78 is 5.31. The van der Waals surface area contributed by atoms with E-state index in [0.717, 1.165) is 37.6 Å². The maximum atomic E-state index is 12.4. The Kier molecular flexibility index (Phi) is 4.93. The normalized spacial score (nSPS) is 16.3. The van der Waals surface area contributed by atoms with Crippen molar-refractivity contribution >= 4 is 11.6 Å². The van der Waals surface area contributed by atoms with Crippen molar-refractivity contribution in [1.82, 2.24) is 4.90 Å². The molecule has 0 N–H and O–H groups in total. The summed E-state index contributed by atoms with van der Waals surface area (Å²) in [7, 11) is 0. The summed E-state index contributed by atoms with van der Waals surface area (Å²) in [5.41, 5.74) is 2.16. The first-order chi connectivity index (χ1) is 9.22. The summed E-state index contributed by atoms with van der Waals surface area (Å²) in [6, 6.07) is 8.03. The van der Waals surface area contributed by atoms with Gasteiger partial charge in [-0.3, -0.25) is 9.69 Å². The van der Waals surface area contributed by atoms with E-state index in [-0.39, 0.29) is 5.91 Å². The average Bonchev–Trinajstić information content (AvgIpc) is 2.43. The van der Waals surface area contributed by atoms with Crippen LogP contribution in [0.25, 0.3) is 0 Å². The predicted molar refractivity (Wildman–Crippen MR) is 76.5 cm³/mol. The zero-order valence-electron chi connectivity index (χ0n) is 11.8. The predicted octanol–water partition coefficient (Wildman–Crippen LogP) is 1.68. The van der Waals surface area contributed by atoms with Gasteiger partial charge in [-0.1, -0.05) is 18.2 Å². The van der Waals surface area contributed by atoms with Crippen LogP contribution in [0.1, 0.15) is 12.5 Å². The third-order valence-corrected chi connectivity index (χ3v) is 3.49. The number of amides is 1. The molecule has 0 bridgehead atoms. The molecule has 1 saturated heterocycles. The summed E-state index contributed by atoms with van der Waals surface area (Å²) >= 11 is 0. The van der Waals surface area contributed by atoms with E-state index in [4.69, 9.17) is 4.74 Å². The first kappa shape index (κ1) is 14.0. The van der Waals surface area contributed by atoms with Crippen LogP contribution in [0.4, 0.5) is 5.69 Å². The fraction of sp³-hybridized carbons (Fsp3) is 0.533. The van der Waals surface area contributed by atoms with E-state index < -0.39 is 0 Å². The maximum absolute atomic E-state index is 12.4. The third-order valence-electron chi connectivity index (χ3n) is 3.49. The number of carbonyl (C=O) groups excluding carboxylic acids is 1. The van der Waals surface area contributed by atoms with Crippen LogP contribution in [0.5, 0.6) is 0 Å². The van der Waals surface area contributed by atoms with Gasteiger partial charge in [0.15, 0.2) is 0 Å². The minimum absolute atomic E-state index is 0.165. The number of likely N-dealkylation sites (N-methyl/N-ethyl adjacent to an activating group) is 1. The SMILES string of the molecule is CCN(C(=O)CN1CCOCC1)c1ccccc1C. The maximum Gasteiger partial charge on any atom is 0.241 e. The highest BCUT2D eigenvalue weighted by Crippen LogP contribution is 2.19. The van der Waals surface area contributed by atoms with E-state index in [0.29, 0.717) is 13.1 Å². The zero-order valence-corrected chi connectivity index (χ0v) is 11.8. The number of anilines is 1. The number of hydrogen-bond donors (Lipinski definition) is 0. The van der Waals surface area contributed by atoms with Crippen LogP contribution in [0.2, 0.25) is 0 Å². The molecule has 0 saturated carbocycles. The van der Waals surface area contributed by atoms with Gasteiger partial charge in [0, 0.05) is 25.3 Å². The van der Waals surface area contributed by atoms with Crippen LogP contribution in [0.15, 0.2) is 24.3 Å². The molecule has 0 aliphatic carbocycles. The van der Waals surface area contributed by atoms with Gasteiger partial charge in [0.05, 0.1) is 19.8 Å². The number of morpholine rings is 1. The van der Waals surface area contributed by atoms with E-state index in [1.165, 1.54) is 0 Å². The molecule has 1 heterocycles. The Morgan fingerprint density at radius 1 is 1.32 bits per heavy atom. The van der Waals surface area contributed by atoms with Crippen molar-refractivity contribution in [2.24, 2.45) is 0 Å². The molecular weight excluding hydrogens is 240 g/mol. The standard InChI is InChI=1S/C15H22N2O2/c1-3-17(14-7-5-4-6-13(14)2)15(18)12-16-8-10-19-11-9-16/h4-7H,3,8-12H2,1-2H3. The number of ether oxygens (including phenoxy) is 1. The second kappa shape index (κ2) is 6.68. The number of aryl methyl sites for hydroxylation is 1. The molecule has 19 heavy (non-hydrogen) atoms. The fourth-order valence-corrected chi connectivity index (χ4v) is 2.38. The molecule has 2 rings (SSSR count). The highest BCUT2D eigenvalue weighted by Gasteiger charge is 2.20. The lowest BCUT2D eigenvalue weighted by atomic mass is 10.2. The minimum Gasteiger partial charge on any atom is -0.379 e. The highest BCUT2D eigenvalue weighted by molar-refractivity contribution is 5.95. The van der Waals surface area contributed by atoms with Crippen molar-refractivity contribution in [3.8, 4) is 0 Å². The topological polar surface area (TPSA) is 32.8 Å². The van der Waals surface area contributed by atoms with Crippen LogP contribution in [-0.2, 0) is 9.53 Å². The molecular formula is C15H22N2O2. The van der Waals surface area contributed by atoms with E-state index in [2.05, 4.69) is 4.90 Å². The van der Waals surface area contributed by atoms with Gasteiger partial charge in [-0.05, 0) is 25.5 Å². The molecule has 1 aliphatic rings. The molecule has 0 aromatic heterocycles. The van der Waals surface area contributed by atoms with Gasteiger partial charge in [0.2, 0.25) is 5.91 Å². The van der Waals surface area contributed by atoms with Gasteiger partial charge in [0.1, 0.15) is 0 Å². The Balaban J connectivity index is 2.04. The molecule has 0 atom stereocenters. The first-order valence-electron chi connectivity index (χ1n) is 6.88. The lowest BCUT2D eigenvalue weighted by Crippen LogP contribution is -2.45. The number of rotatable bonds is 4. The molecule has 1 amide bonds. The van der Waals surface area contributed by atoms with Crippen molar-refractivity contribution in [1.29, 1.82) is 0 Å². The van der Waals surface area contributed by atoms with Crippen LogP contribution in [-0.4, -0.2) is 50.2 Å². The molecule has 1 aromatic carbocycles. The summed E-state index contributed by atoms with van der Waals surface area (Å²) in [6.45, 7) is 8.38. The molecule has 1 aliphatic heterocycles. The minimum atomic E-state index is 0.165. The van der Waals surface area contributed by atoms with Gasteiger partial charge in [-0.25, -0.2) is 0 Å². The van der Waals surface area contributed by atoms with Gasteiger partial charge in [-0.15, -0.1) is 0 Å². The second-order valence-electron chi connectivity index (χ2n) is 4.81. The molecule has 0 radical (unpaired) electrons. The lowest BCUT2D eigenvalue weighted by molar-refractivity contribution is -0.120. The summed E-state index contributed by atoms with van der Waals surface area (Å²) in [4.78, 5) is 16.5. The molecule has 0 unspecified atom stereocenters. The van der Waals surface area contributed by atoms with E-state index in [9.17, 15) is 4.79 Å². The van der Waals surface area contributed by atoms with Crippen LogP contribution < -0.4 is 4.90 Å². The molecule has 4 heteroatoms. The van der Waals surface area contributed by atoms with Crippen molar-refractivity contribution in [3.63, 3.8) is 0 Å². The zero-order chi connectivity index (χ0) is 13.7. The summed E-state index contributed by atoms with van der Waals surface area (Å²) in [5, 5.41) is 0. The smallest absolute Gasteiger partial charge is 0.241 e. The van der Waals surface area contributed by atoms with Crippen LogP contribution >= 0.6 is 0 Å². The second-order valence-corrected chi connectivity index (χ2v) is 4.81. The molecule has 104 valence electrons. The van der Waals surface area contributed by atoms with Crippen LogP contribution in [0, 0.1) is 6.92 Å². The largest absolute Gasteiger partial charge is 0.379 e. The number of hydrogen-bond acceptors (Lipinski definition) is 3. The number of para-hydroxylation sites is 1. The van der Waals surface area contributed by atoms with Gasteiger partial charge >= 0.3 is 0 Å². The van der Waals surface area contributed by atoms with E-state index in [1.54, 1.807) is 0 Å². The Bertz CT molecular complexity index is 428. The molecule has 0 spiro atoms. The highest BCUT2D eigenvalue weighted by atomic mass is 16.5. The van der Waals surface area contributed by atoms with Crippen molar-refractivity contribution in [2.75, 3.05) is 44.3 Å². The third kappa shape index (κ3) is 3.55. The van der Waals surface area contributed by atoms with Gasteiger partial charge in [0.25, 0.3) is 0 Å². The Morgan fingerprint density at radius 3 is 2.63 bits per heavy atom. The van der Waals surface area contributed by atoms with Crippen LogP contribution in [0.3, 0.4) is 0 Å². The quantitative estimate of drug-likeness (QED) is 0.827. The Morgan fingerprint density at radius 2 is 2.00 bits per heavy atom.